The molecule has 28 heavy (non-hydrogen) atoms. The van der Waals surface area contributed by atoms with Gasteiger partial charge < -0.3 is 4.90 Å². The number of benzene rings is 1. The molecule has 1 fully saturated rings. The summed E-state index contributed by atoms with van der Waals surface area (Å²) in [6, 6.07) is 15.5. The zero-order valence-electron chi connectivity index (χ0n) is 15.6. The molecule has 0 atom stereocenters. The number of nitrogens with one attached hydrogen (secondary N) is 1. The number of pyridine rings is 1. The Kier molecular flexibility index (Phi) is 5.20. The summed E-state index contributed by atoms with van der Waals surface area (Å²) in [5.74, 6) is 0.999. The maximum Gasteiger partial charge on any atom is 0.235 e. The molecular weight excluding hydrogens is 352 g/mol. The molecule has 2 aromatic heterocycles. The quantitative estimate of drug-likeness (QED) is 0.741. The van der Waals surface area contributed by atoms with E-state index in [1.807, 2.05) is 48.7 Å². The molecule has 1 aromatic carbocycles. The van der Waals surface area contributed by atoms with Crippen LogP contribution < -0.4 is 10.2 Å². The van der Waals surface area contributed by atoms with Crippen molar-refractivity contribution in [2.24, 2.45) is 5.92 Å². The van der Waals surface area contributed by atoms with Gasteiger partial charge in [0.1, 0.15) is 0 Å². The molecule has 0 bridgehead atoms. The van der Waals surface area contributed by atoms with Gasteiger partial charge in [-0.05, 0) is 61.6 Å². The van der Waals surface area contributed by atoms with Crippen LogP contribution in [0.4, 0.5) is 11.6 Å². The van der Waals surface area contributed by atoms with Crippen molar-refractivity contribution in [3.05, 3.63) is 54.2 Å². The predicted octanol–water partition coefficient (Wildman–Crippen LogP) is 3.24. The smallest absolute Gasteiger partial charge is 0.235 e. The third-order valence-corrected chi connectivity index (χ3v) is 5.32. The Morgan fingerprint density at radius 1 is 1.14 bits per heavy atom. The number of nitriles is 1. The van der Waals surface area contributed by atoms with Gasteiger partial charge in [-0.3, -0.25) is 14.5 Å². The number of fused-ring (bicyclic) bond motifs is 1. The van der Waals surface area contributed by atoms with Crippen molar-refractivity contribution in [2.75, 3.05) is 23.3 Å². The lowest BCUT2D eigenvalue weighted by Crippen LogP contribution is -2.33. The Hall–Kier alpha value is -3.40. The fourth-order valence-electron chi connectivity index (χ4n) is 3.68. The van der Waals surface area contributed by atoms with E-state index in [2.05, 4.69) is 26.5 Å². The second-order valence-electron chi connectivity index (χ2n) is 7.13. The molecule has 0 aliphatic carbocycles. The first-order valence-electron chi connectivity index (χ1n) is 9.57. The van der Waals surface area contributed by atoms with Crippen molar-refractivity contribution in [1.29, 1.82) is 5.26 Å². The summed E-state index contributed by atoms with van der Waals surface area (Å²) in [7, 11) is 0. The second-order valence-corrected chi connectivity index (χ2v) is 7.13. The summed E-state index contributed by atoms with van der Waals surface area (Å²) >= 11 is 0. The van der Waals surface area contributed by atoms with E-state index in [0.717, 1.165) is 38.0 Å². The fourth-order valence-corrected chi connectivity index (χ4v) is 3.68. The van der Waals surface area contributed by atoms with Gasteiger partial charge in [0.2, 0.25) is 11.9 Å². The van der Waals surface area contributed by atoms with Gasteiger partial charge in [-0.2, -0.15) is 5.26 Å². The Morgan fingerprint density at radius 3 is 2.68 bits per heavy atom. The molecule has 142 valence electrons. The molecular formula is C21H22N6O. The van der Waals surface area contributed by atoms with Crippen molar-refractivity contribution >= 4 is 23.2 Å². The molecule has 1 saturated heterocycles. The molecule has 1 N–H and O–H groups in total. The Labute approximate surface area is 163 Å². The topological polar surface area (TPSA) is 86.3 Å². The number of hydrogen-bond acceptors (Lipinski definition) is 5. The highest BCUT2D eigenvalue weighted by Gasteiger charge is 2.20. The number of nitrogens with zero attached hydrogens (tertiary/aromatic N) is 5. The number of amides is 1. The van der Waals surface area contributed by atoms with Crippen molar-refractivity contribution in [1.82, 2.24) is 14.6 Å². The lowest BCUT2D eigenvalue weighted by Gasteiger charge is -2.33. The number of carbonyl (C=O) groups is 1. The minimum absolute atomic E-state index is 0.0207. The van der Waals surface area contributed by atoms with Crippen LogP contribution >= 0.6 is 0 Å². The molecule has 7 nitrogen and oxygen atoms in total. The molecule has 0 unspecified atom stereocenters. The van der Waals surface area contributed by atoms with Gasteiger partial charge in [0, 0.05) is 31.4 Å². The summed E-state index contributed by atoms with van der Waals surface area (Å²) in [6.45, 7) is 1.96. The molecule has 3 heterocycles. The highest BCUT2D eigenvalue weighted by atomic mass is 16.1. The van der Waals surface area contributed by atoms with Crippen LogP contribution in [0.2, 0.25) is 0 Å². The van der Waals surface area contributed by atoms with Crippen LogP contribution in [0.25, 0.3) is 5.65 Å². The van der Waals surface area contributed by atoms with E-state index in [4.69, 9.17) is 5.26 Å². The summed E-state index contributed by atoms with van der Waals surface area (Å²) in [5.41, 5.74) is 2.56. The minimum Gasteiger partial charge on any atom is -0.372 e. The first-order valence-corrected chi connectivity index (χ1v) is 9.57. The van der Waals surface area contributed by atoms with E-state index in [-0.39, 0.29) is 5.91 Å². The fraction of sp³-hybridized carbons (Fsp3) is 0.333. The van der Waals surface area contributed by atoms with Crippen LogP contribution in [-0.4, -0.2) is 33.6 Å². The lowest BCUT2D eigenvalue weighted by atomic mass is 9.91. The Morgan fingerprint density at radius 2 is 1.93 bits per heavy atom. The highest BCUT2D eigenvalue weighted by molar-refractivity contribution is 5.89. The Bertz CT molecular complexity index is 996. The van der Waals surface area contributed by atoms with Gasteiger partial charge in [0.05, 0.1) is 11.6 Å². The van der Waals surface area contributed by atoms with Gasteiger partial charge in [-0.25, -0.2) is 0 Å². The monoisotopic (exact) mass is 374 g/mol. The van der Waals surface area contributed by atoms with Gasteiger partial charge in [0.15, 0.2) is 5.65 Å². The van der Waals surface area contributed by atoms with Crippen molar-refractivity contribution in [3.8, 4) is 6.07 Å². The van der Waals surface area contributed by atoms with Gasteiger partial charge in [-0.15, -0.1) is 10.2 Å². The average molecular weight is 374 g/mol. The van der Waals surface area contributed by atoms with Crippen LogP contribution in [0.15, 0.2) is 48.7 Å². The molecule has 3 aromatic rings. The minimum atomic E-state index is -0.0207. The van der Waals surface area contributed by atoms with Crippen LogP contribution in [0.3, 0.4) is 0 Å². The van der Waals surface area contributed by atoms with E-state index >= 15 is 0 Å². The number of anilines is 2. The van der Waals surface area contributed by atoms with E-state index < -0.39 is 0 Å². The summed E-state index contributed by atoms with van der Waals surface area (Å²) in [4.78, 5) is 14.7. The standard InChI is InChI=1S/C21H22N6O/c22-15-17-4-7-18(8-5-17)26-13-10-16(11-14-26)6-9-20(28)23-21-25-24-19-3-1-2-12-27(19)21/h1-5,7-8,12,16H,6,9-11,13-14H2,(H,23,25,28). The largest absolute Gasteiger partial charge is 0.372 e. The summed E-state index contributed by atoms with van der Waals surface area (Å²) in [5, 5.41) is 19.9. The first kappa shape index (κ1) is 18.0. The molecule has 4 rings (SSSR count). The zero-order chi connectivity index (χ0) is 19.3. The third-order valence-electron chi connectivity index (χ3n) is 5.32. The molecule has 7 heteroatoms. The van der Waals surface area contributed by atoms with Crippen molar-refractivity contribution in [2.45, 2.75) is 25.7 Å². The molecule has 0 spiro atoms. The zero-order valence-corrected chi connectivity index (χ0v) is 15.6. The normalized spacial score (nSPS) is 14.8. The second kappa shape index (κ2) is 8.09. The molecule has 1 amide bonds. The van der Waals surface area contributed by atoms with E-state index in [1.54, 1.807) is 4.40 Å². The average Bonchev–Trinajstić information content (AvgIpc) is 3.15. The van der Waals surface area contributed by atoms with Crippen LogP contribution in [0, 0.1) is 17.2 Å². The predicted molar refractivity (Wildman–Crippen MR) is 107 cm³/mol. The van der Waals surface area contributed by atoms with Crippen molar-refractivity contribution < 1.29 is 4.79 Å². The Balaban J connectivity index is 1.25. The van der Waals surface area contributed by atoms with Gasteiger partial charge >= 0.3 is 0 Å². The maximum atomic E-state index is 12.3. The van der Waals surface area contributed by atoms with Gasteiger partial charge in [0.25, 0.3) is 0 Å². The van der Waals surface area contributed by atoms with Gasteiger partial charge in [-0.1, -0.05) is 6.07 Å². The summed E-state index contributed by atoms with van der Waals surface area (Å²) in [6.07, 6.45) is 5.35. The van der Waals surface area contributed by atoms with Crippen LogP contribution in [0.5, 0.6) is 0 Å². The lowest BCUT2D eigenvalue weighted by molar-refractivity contribution is -0.116. The van der Waals surface area contributed by atoms with E-state index in [0.29, 0.717) is 29.5 Å². The van der Waals surface area contributed by atoms with E-state index in [9.17, 15) is 4.79 Å². The van der Waals surface area contributed by atoms with Crippen molar-refractivity contribution in [3.63, 3.8) is 0 Å². The first-order chi connectivity index (χ1) is 13.7. The number of aromatic nitrogens is 3. The van der Waals surface area contributed by atoms with Crippen LogP contribution in [-0.2, 0) is 4.79 Å². The molecule has 1 aliphatic heterocycles. The highest BCUT2D eigenvalue weighted by Crippen LogP contribution is 2.26. The SMILES string of the molecule is N#Cc1ccc(N2CCC(CCC(=O)Nc3nnc4ccccn34)CC2)cc1. The molecule has 0 saturated carbocycles. The number of hydrogen-bond donors (Lipinski definition) is 1. The number of carbonyl (C=O) groups excluding carboxylic acids is 1. The number of piperidine rings is 1. The number of rotatable bonds is 5. The maximum absolute atomic E-state index is 12.3. The third kappa shape index (κ3) is 3.96. The van der Waals surface area contributed by atoms with Crippen LogP contribution in [0.1, 0.15) is 31.2 Å². The molecule has 0 radical (unpaired) electrons. The molecule has 1 aliphatic rings. The summed E-state index contributed by atoms with van der Waals surface area (Å²) < 4.78 is 1.77. The van der Waals surface area contributed by atoms with E-state index in [1.165, 1.54) is 0 Å².